The molecule has 0 spiro atoms. The standard InChI is InChI=1S/C11H17NO/c1-7(2)12-11(13)10-6-8-3-4-9(10)5-8/h3-4,7-10H,5-6H2,1-2H3,(H,12,13)/t8-,9+,10-/m1/s1. The molecule has 72 valence electrons. The Balaban J connectivity index is 1.95. The highest BCUT2D eigenvalue weighted by atomic mass is 16.1. The molecule has 0 heterocycles. The molecule has 2 bridgehead atoms. The molecule has 0 aromatic rings. The fourth-order valence-electron chi connectivity index (χ4n) is 2.47. The Morgan fingerprint density at radius 2 is 2.15 bits per heavy atom. The second-order valence-corrected chi connectivity index (χ2v) is 4.55. The fourth-order valence-corrected chi connectivity index (χ4v) is 2.47. The third kappa shape index (κ3) is 1.62. The summed E-state index contributed by atoms with van der Waals surface area (Å²) in [5.41, 5.74) is 0. The van der Waals surface area contributed by atoms with Crippen molar-refractivity contribution in [3.63, 3.8) is 0 Å². The minimum atomic E-state index is 0.256. The topological polar surface area (TPSA) is 29.1 Å². The SMILES string of the molecule is CC(C)NC(=O)[C@@H]1C[C@@H]2C=C[C@H]1C2. The van der Waals surface area contributed by atoms with Crippen LogP contribution in [0.3, 0.4) is 0 Å². The average Bonchev–Trinajstić information content (AvgIpc) is 2.62. The monoisotopic (exact) mass is 179 g/mol. The van der Waals surface area contributed by atoms with Crippen molar-refractivity contribution in [2.45, 2.75) is 32.7 Å². The van der Waals surface area contributed by atoms with E-state index in [-0.39, 0.29) is 17.9 Å². The summed E-state index contributed by atoms with van der Waals surface area (Å²) in [6, 6.07) is 0.274. The van der Waals surface area contributed by atoms with Gasteiger partial charge in [0.05, 0.1) is 0 Å². The van der Waals surface area contributed by atoms with E-state index >= 15 is 0 Å². The Bertz CT molecular complexity index is 244. The quantitative estimate of drug-likeness (QED) is 0.642. The maximum atomic E-state index is 11.7. The molecule has 2 nitrogen and oxygen atoms in total. The van der Waals surface area contributed by atoms with Gasteiger partial charge >= 0.3 is 0 Å². The third-order valence-corrected chi connectivity index (χ3v) is 3.05. The van der Waals surface area contributed by atoms with Crippen LogP contribution in [0.15, 0.2) is 12.2 Å². The molecular weight excluding hydrogens is 162 g/mol. The normalized spacial score (nSPS) is 35.8. The van der Waals surface area contributed by atoms with Crippen LogP contribution in [0.1, 0.15) is 26.7 Å². The van der Waals surface area contributed by atoms with Gasteiger partial charge in [-0.1, -0.05) is 12.2 Å². The lowest BCUT2D eigenvalue weighted by molar-refractivity contribution is -0.126. The molecule has 3 atom stereocenters. The van der Waals surface area contributed by atoms with Crippen LogP contribution in [0, 0.1) is 17.8 Å². The molecule has 2 rings (SSSR count). The van der Waals surface area contributed by atoms with E-state index in [1.807, 2.05) is 13.8 Å². The molecule has 2 aliphatic rings. The largest absolute Gasteiger partial charge is 0.354 e. The molecule has 0 aliphatic heterocycles. The first-order chi connectivity index (χ1) is 6.16. The lowest BCUT2D eigenvalue weighted by Crippen LogP contribution is -2.37. The minimum Gasteiger partial charge on any atom is -0.354 e. The molecule has 1 fully saturated rings. The predicted molar refractivity (Wildman–Crippen MR) is 52.1 cm³/mol. The molecule has 0 radical (unpaired) electrons. The predicted octanol–water partition coefficient (Wildman–Crippen LogP) is 1.72. The van der Waals surface area contributed by atoms with Crippen LogP contribution < -0.4 is 5.32 Å². The van der Waals surface area contributed by atoms with Crippen molar-refractivity contribution in [2.75, 3.05) is 0 Å². The van der Waals surface area contributed by atoms with E-state index in [1.165, 1.54) is 6.42 Å². The summed E-state index contributed by atoms with van der Waals surface area (Å²) in [6.07, 6.45) is 6.76. The van der Waals surface area contributed by atoms with Crippen molar-refractivity contribution < 1.29 is 4.79 Å². The first-order valence-electron chi connectivity index (χ1n) is 5.15. The molecule has 0 saturated heterocycles. The number of carbonyl (C=O) groups is 1. The van der Waals surface area contributed by atoms with E-state index in [9.17, 15) is 4.79 Å². The molecule has 2 heteroatoms. The number of hydrogen-bond acceptors (Lipinski definition) is 1. The molecule has 1 N–H and O–H groups in total. The van der Waals surface area contributed by atoms with E-state index in [2.05, 4.69) is 17.5 Å². The van der Waals surface area contributed by atoms with Crippen LogP contribution in [0.4, 0.5) is 0 Å². The van der Waals surface area contributed by atoms with E-state index < -0.39 is 0 Å². The average molecular weight is 179 g/mol. The fraction of sp³-hybridized carbons (Fsp3) is 0.727. The number of fused-ring (bicyclic) bond motifs is 2. The Labute approximate surface area is 79.4 Å². The lowest BCUT2D eigenvalue weighted by Gasteiger charge is -2.19. The molecule has 0 unspecified atom stereocenters. The van der Waals surface area contributed by atoms with Gasteiger partial charge in [-0.25, -0.2) is 0 Å². The van der Waals surface area contributed by atoms with Gasteiger partial charge < -0.3 is 5.32 Å². The highest BCUT2D eigenvalue weighted by molar-refractivity contribution is 5.80. The first kappa shape index (κ1) is 8.79. The van der Waals surface area contributed by atoms with Crippen LogP contribution in [0.2, 0.25) is 0 Å². The Morgan fingerprint density at radius 1 is 1.38 bits per heavy atom. The van der Waals surface area contributed by atoms with Crippen molar-refractivity contribution in [1.29, 1.82) is 0 Å². The Kier molecular flexibility index (Phi) is 2.14. The van der Waals surface area contributed by atoms with Crippen LogP contribution in [-0.2, 0) is 4.79 Å². The van der Waals surface area contributed by atoms with Gasteiger partial charge in [0.15, 0.2) is 0 Å². The highest BCUT2D eigenvalue weighted by Crippen LogP contribution is 2.43. The molecule has 2 aliphatic carbocycles. The summed E-state index contributed by atoms with van der Waals surface area (Å²) in [4.78, 5) is 11.7. The molecule has 13 heavy (non-hydrogen) atoms. The number of carbonyl (C=O) groups excluding carboxylic acids is 1. The third-order valence-electron chi connectivity index (χ3n) is 3.05. The van der Waals surface area contributed by atoms with E-state index in [4.69, 9.17) is 0 Å². The van der Waals surface area contributed by atoms with Gasteiger partial charge in [0.2, 0.25) is 5.91 Å². The number of nitrogens with one attached hydrogen (secondary N) is 1. The van der Waals surface area contributed by atoms with Crippen LogP contribution in [0.25, 0.3) is 0 Å². The van der Waals surface area contributed by atoms with E-state index in [0.717, 1.165) is 6.42 Å². The summed E-state index contributed by atoms with van der Waals surface area (Å²) >= 11 is 0. The second kappa shape index (κ2) is 3.17. The van der Waals surface area contributed by atoms with Gasteiger partial charge in [0.1, 0.15) is 0 Å². The van der Waals surface area contributed by atoms with Crippen molar-refractivity contribution in [3.8, 4) is 0 Å². The molecule has 1 amide bonds. The number of rotatable bonds is 2. The van der Waals surface area contributed by atoms with Gasteiger partial charge in [-0.15, -0.1) is 0 Å². The van der Waals surface area contributed by atoms with Crippen molar-refractivity contribution >= 4 is 5.91 Å². The smallest absolute Gasteiger partial charge is 0.223 e. The van der Waals surface area contributed by atoms with Crippen molar-refractivity contribution in [2.24, 2.45) is 17.8 Å². The van der Waals surface area contributed by atoms with Crippen LogP contribution in [0.5, 0.6) is 0 Å². The summed E-state index contributed by atoms with van der Waals surface area (Å²) in [5, 5.41) is 3.00. The van der Waals surface area contributed by atoms with Gasteiger partial charge in [-0.05, 0) is 38.5 Å². The molecule has 0 aromatic heterocycles. The molecular formula is C11H17NO. The zero-order valence-corrected chi connectivity index (χ0v) is 8.29. The summed E-state index contributed by atoms with van der Waals surface area (Å²) < 4.78 is 0. The molecule has 1 saturated carbocycles. The minimum absolute atomic E-state index is 0.256. The molecule has 0 aromatic carbocycles. The van der Waals surface area contributed by atoms with Crippen LogP contribution in [-0.4, -0.2) is 11.9 Å². The summed E-state index contributed by atoms with van der Waals surface area (Å²) in [6.45, 7) is 4.03. The van der Waals surface area contributed by atoms with E-state index in [1.54, 1.807) is 0 Å². The van der Waals surface area contributed by atoms with Gasteiger partial charge in [-0.3, -0.25) is 4.79 Å². The number of amides is 1. The number of hydrogen-bond donors (Lipinski definition) is 1. The lowest BCUT2D eigenvalue weighted by atomic mass is 9.92. The highest BCUT2D eigenvalue weighted by Gasteiger charge is 2.39. The van der Waals surface area contributed by atoms with Crippen molar-refractivity contribution in [1.82, 2.24) is 5.32 Å². The zero-order valence-electron chi connectivity index (χ0n) is 8.29. The van der Waals surface area contributed by atoms with E-state index in [0.29, 0.717) is 11.8 Å². The van der Waals surface area contributed by atoms with Gasteiger partial charge in [0.25, 0.3) is 0 Å². The van der Waals surface area contributed by atoms with Gasteiger partial charge in [0, 0.05) is 12.0 Å². The number of allylic oxidation sites excluding steroid dienone is 2. The summed E-state index contributed by atoms with van der Waals surface area (Å²) in [7, 11) is 0. The first-order valence-corrected chi connectivity index (χ1v) is 5.15. The van der Waals surface area contributed by atoms with Crippen molar-refractivity contribution in [3.05, 3.63) is 12.2 Å². The Hall–Kier alpha value is -0.790. The maximum absolute atomic E-state index is 11.7. The Morgan fingerprint density at radius 3 is 2.62 bits per heavy atom. The maximum Gasteiger partial charge on any atom is 0.223 e. The second-order valence-electron chi connectivity index (χ2n) is 4.55. The van der Waals surface area contributed by atoms with Crippen LogP contribution >= 0.6 is 0 Å². The summed E-state index contributed by atoms with van der Waals surface area (Å²) in [5.74, 6) is 1.74. The zero-order chi connectivity index (χ0) is 9.42. The van der Waals surface area contributed by atoms with Gasteiger partial charge in [-0.2, -0.15) is 0 Å².